The van der Waals surface area contributed by atoms with E-state index in [4.69, 9.17) is 0 Å². The van der Waals surface area contributed by atoms with Crippen LogP contribution < -0.4 is 0 Å². The highest BCUT2D eigenvalue weighted by Gasteiger charge is 2.30. The molecule has 1 atom stereocenters. The minimum Gasteiger partial charge on any atom is -0.340 e. The van der Waals surface area contributed by atoms with Crippen molar-refractivity contribution in [2.24, 2.45) is 0 Å². The van der Waals surface area contributed by atoms with E-state index in [9.17, 15) is 9.59 Å². The van der Waals surface area contributed by atoms with Gasteiger partial charge in [0.05, 0.1) is 0 Å². The van der Waals surface area contributed by atoms with Gasteiger partial charge in [0.2, 0.25) is 5.91 Å². The molecule has 1 aromatic heterocycles. The van der Waals surface area contributed by atoms with Crippen LogP contribution in [0.2, 0.25) is 0 Å². The number of rotatable bonds is 2. The van der Waals surface area contributed by atoms with Crippen LogP contribution in [0, 0.1) is 0 Å². The minimum atomic E-state index is 0.0842. The standard InChI is InChI=1S/C14H19N3O2S/c18-13-4-2-9-17(13)11-3-1-8-16(10-6-11)14(19)12-5-7-15-20-12/h5,7,11H,1-4,6,8-10H2. The zero-order valence-corrected chi connectivity index (χ0v) is 12.3. The van der Waals surface area contributed by atoms with E-state index in [1.54, 1.807) is 12.3 Å². The van der Waals surface area contributed by atoms with Crippen LogP contribution in [-0.2, 0) is 4.79 Å². The Kier molecular flexibility index (Phi) is 4.00. The fourth-order valence-corrected chi connectivity index (χ4v) is 3.69. The summed E-state index contributed by atoms with van der Waals surface area (Å²) in [6.45, 7) is 2.42. The zero-order valence-electron chi connectivity index (χ0n) is 11.5. The molecule has 0 bridgehead atoms. The van der Waals surface area contributed by atoms with E-state index in [2.05, 4.69) is 4.37 Å². The molecule has 0 spiro atoms. The van der Waals surface area contributed by atoms with Crippen molar-refractivity contribution in [1.29, 1.82) is 0 Å². The highest BCUT2D eigenvalue weighted by atomic mass is 32.1. The lowest BCUT2D eigenvalue weighted by Crippen LogP contribution is -2.37. The molecule has 2 saturated heterocycles. The van der Waals surface area contributed by atoms with E-state index in [0.717, 1.165) is 45.3 Å². The molecule has 1 aromatic rings. The van der Waals surface area contributed by atoms with Crippen molar-refractivity contribution < 1.29 is 9.59 Å². The monoisotopic (exact) mass is 293 g/mol. The highest BCUT2D eigenvalue weighted by Crippen LogP contribution is 2.23. The molecule has 3 heterocycles. The van der Waals surface area contributed by atoms with Crippen LogP contribution in [0.1, 0.15) is 41.8 Å². The molecule has 108 valence electrons. The van der Waals surface area contributed by atoms with Crippen molar-refractivity contribution in [2.45, 2.75) is 38.1 Å². The number of likely N-dealkylation sites (tertiary alicyclic amines) is 2. The lowest BCUT2D eigenvalue weighted by molar-refractivity contribution is -0.129. The summed E-state index contributed by atoms with van der Waals surface area (Å²) in [6, 6.07) is 2.10. The van der Waals surface area contributed by atoms with Gasteiger partial charge in [-0.1, -0.05) is 0 Å². The summed E-state index contributed by atoms with van der Waals surface area (Å²) < 4.78 is 3.99. The van der Waals surface area contributed by atoms with Crippen LogP contribution in [0.25, 0.3) is 0 Å². The van der Waals surface area contributed by atoms with Crippen LogP contribution in [-0.4, -0.2) is 51.7 Å². The molecular formula is C14H19N3O2S. The van der Waals surface area contributed by atoms with Gasteiger partial charge in [-0.2, -0.15) is 0 Å². The lowest BCUT2D eigenvalue weighted by Gasteiger charge is -2.26. The van der Waals surface area contributed by atoms with Crippen molar-refractivity contribution in [1.82, 2.24) is 14.2 Å². The third-order valence-corrected chi connectivity index (χ3v) is 4.92. The summed E-state index contributed by atoms with van der Waals surface area (Å²) in [4.78, 5) is 28.8. The van der Waals surface area contributed by atoms with Gasteiger partial charge in [0.1, 0.15) is 4.88 Å². The number of carbonyl (C=O) groups is 2. The smallest absolute Gasteiger partial charge is 0.265 e. The Balaban J connectivity index is 1.62. The lowest BCUT2D eigenvalue weighted by atomic mass is 10.1. The predicted octanol–water partition coefficient (Wildman–Crippen LogP) is 1.76. The SMILES string of the molecule is O=C(c1ccns1)N1CCCC(N2CCCC2=O)CC1. The topological polar surface area (TPSA) is 53.5 Å². The largest absolute Gasteiger partial charge is 0.340 e. The average molecular weight is 293 g/mol. The van der Waals surface area contributed by atoms with Crippen LogP contribution in [0.5, 0.6) is 0 Å². The fourth-order valence-electron chi connectivity index (χ4n) is 3.13. The van der Waals surface area contributed by atoms with Crippen LogP contribution in [0.4, 0.5) is 0 Å². The second kappa shape index (κ2) is 5.91. The Morgan fingerprint density at radius 2 is 2.15 bits per heavy atom. The van der Waals surface area contributed by atoms with Gasteiger partial charge in [-0.25, -0.2) is 4.37 Å². The van der Waals surface area contributed by atoms with Gasteiger partial charge in [-0.05, 0) is 43.3 Å². The van der Waals surface area contributed by atoms with Crippen LogP contribution >= 0.6 is 11.5 Å². The van der Waals surface area contributed by atoms with Crippen LogP contribution in [0.15, 0.2) is 12.3 Å². The van der Waals surface area contributed by atoms with Crippen molar-refractivity contribution in [2.75, 3.05) is 19.6 Å². The van der Waals surface area contributed by atoms with Crippen molar-refractivity contribution in [3.63, 3.8) is 0 Å². The molecule has 2 aliphatic heterocycles. The Hall–Kier alpha value is -1.43. The van der Waals surface area contributed by atoms with Gasteiger partial charge in [0.25, 0.3) is 5.91 Å². The molecule has 5 nitrogen and oxygen atoms in total. The molecule has 0 aliphatic carbocycles. The van der Waals surface area contributed by atoms with E-state index in [0.29, 0.717) is 17.3 Å². The van der Waals surface area contributed by atoms with E-state index in [1.807, 2.05) is 9.80 Å². The molecule has 20 heavy (non-hydrogen) atoms. The number of aromatic nitrogens is 1. The molecule has 6 heteroatoms. The maximum Gasteiger partial charge on any atom is 0.265 e. The third kappa shape index (κ3) is 2.70. The van der Waals surface area contributed by atoms with Crippen molar-refractivity contribution >= 4 is 23.3 Å². The molecule has 2 fully saturated rings. The first kappa shape index (κ1) is 13.5. The van der Waals surface area contributed by atoms with Gasteiger partial charge >= 0.3 is 0 Å². The molecule has 0 saturated carbocycles. The molecule has 2 amide bonds. The summed E-state index contributed by atoms with van der Waals surface area (Å²) in [7, 11) is 0. The van der Waals surface area contributed by atoms with Crippen molar-refractivity contribution in [3.8, 4) is 0 Å². The Bertz CT molecular complexity index is 489. The van der Waals surface area contributed by atoms with Gasteiger partial charge < -0.3 is 9.80 Å². The maximum atomic E-state index is 12.3. The highest BCUT2D eigenvalue weighted by molar-refractivity contribution is 7.08. The first-order valence-electron chi connectivity index (χ1n) is 7.25. The molecule has 1 unspecified atom stereocenters. The first-order valence-corrected chi connectivity index (χ1v) is 8.02. The molecule has 0 N–H and O–H groups in total. The molecule has 0 aromatic carbocycles. The van der Waals surface area contributed by atoms with Crippen molar-refractivity contribution in [3.05, 3.63) is 17.1 Å². The van der Waals surface area contributed by atoms with E-state index in [-0.39, 0.29) is 11.8 Å². The third-order valence-electron chi connectivity index (χ3n) is 4.18. The number of amides is 2. The van der Waals surface area contributed by atoms with E-state index >= 15 is 0 Å². The predicted molar refractivity (Wildman–Crippen MR) is 76.6 cm³/mol. The second-order valence-electron chi connectivity index (χ2n) is 5.44. The van der Waals surface area contributed by atoms with Gasteiger partial charge in [0.15, 0.2) is 0 Å². The molecule has 3 rings (SSSR count). The summed E-state index contributed by atoms with van der Waals surface area (Å²) in [5.41, 5.74) is 0. The second-order valence-corrected chi connectivity index (χ2v) is 6.28. The average Bonchev–Trinajstić information content (AvgIpc) is 3.06. The zero-order chi connectivity index (χ0) is 13.9. The fraction of sp³-hybridized carbons (Fsp3) is 0.643. The van der Waals surface area contributed by atoms with Crippen LogP contribution in [0.3, 0.4) is 0 Å². The van der Waals surface area contributed by atoms with E-state index < -0.39 is 0 Å². The number of hydrogen-bond donors (Lipinski definition) is 0. The molecule has 2 aliphatic rings. The summed E-state index contributed by atoms with van der Waals surface area (Å²) in [5, 5.41) is 0. The number of hydrogen-bond acceptors (Lipinski definition) is 4. The first-order chi connectivity index (χ1) is 9.75. The Morgan fingerprint density at radius 3 is 2.85 bits per heavy atom. The molecule has 0 radical (unpaired) electrons. The quantitative estimate of drug-likeness (QED) is 0.835. The summed E-state index contributed by atoms with van der Waals surface area (Å²) in [6.07, 6.45) is 6.23. The maximum absolute atomic E-state index is 12.3. The number of carbonyl (C=O) groups excluding carboxylic acids is 2. The minimum absolute atomic E-state index is 0.0842. The Labute approximate surface area is 122 Å². The number of nitrogens with zero attached hydrogens (tertiary/aromatic N) is 3. The van der Waals surface area contributed by atoms with E-state index in [1.165, 1.54) is 11.5 Å². The summed E-state index contributed by atoms with van der Waals surface area (Å²) in [5.74, 6) is 0.373. The normalized spacial score (nSPS) is 24.0. The van der Waals surface area contributed by atoms with Gasteiger partial charge in [-0.3, -0.25) is 9.59 Å². The van der Waals surface area contributed by atoms with Gasteiger partial charge in [-0.15, -0.1) is 0 Å². The Morgan fingerprint density at radius 1 is 1.25 bits per heavy atom. The molecular weight excluding hydrogens is 274 g/mol. The van der Waals surface area contributed by atoms with Gasteiger partial charge in [0, 0.05) is 38.3 Å². The summed E-state index contributed by atoms with van der Waals surface area (Å²) >= 11 is 1.25.